The molecule has 0 radical (unpaired) electrons. The molecule has 2 N–H and O–H groups in total. The Bertz CT molecular complexity index is 349. The molecule has 1 fully saturated rings. The molecular formula is C12H16ClF2NO. The van der Waals surface area contributed by atoms with Gasteiger partial charge in [0.05, 0.1) is 0 Å². The normalized spacial score (nSPS) is 18.5. The van der Waals surface area contributed by atoms with Gasteiger partial charge in [0.25, 0.3) is 0 Å². The van der Waals surface area contributed by atoms with E-state index < -0.39 is 17.7 Å². The van der Waals surface area contributed by atoms with Crippen molar-refractivity contribution in [3.05, 3.63) is 35.4 Å². The maximum atomic E-state index is 13.5. The molecule has 5 heteroatoms. The van der Waals surface area contributed by atoms with Crippen molar-refractivity contribution in [3.63, 3.8) is 0 Å². The van der Waals surface area contributed by atoms with Crippen molar-refractivity contribution in [2.24, 2.45) is 11.7 Å². The second-order valence-corrected chi connectivity index (χ2v) is 4.11. The van der Waals surface area contributed by atoms with Gasteiger partial charge in [-0.15, -0.1) is 12.4 Å². The second-order valence-electron chi connectivity index (χ2n) is 4.11. The fourth-order valence-corrected chi connectivity index (χ4v) is 2.14. The summed E-state index contributed by atoms with van der Waals surface area (Å²) in [5, 5.41) is 0. The number of hydrogen-bond acceptors (Lipinski definition) is 2. The first-order chi connectivity index (χ1) is 7.70. The van der Waals surface area contributed by atoms with E-state index in [-0.39, 0.29) is 23.9 Å². The molecule has 0 unspecified atom stereocenters. The summed E-state index contributed by atoms with van der Waals surface area (Å²) in [7, 11) is 0. The quantitative estimate of drug-likeness (QED) is 0.891. The van der Waals surface area contributed by atoms with Gasteiger partial charge >= 0.3 is 0 Å². The van der Waals surface area contributed by atoms with Crippen molar-refractivity contribution in [1.82, 2.24) is 0 Å². The van der Waals surface area contributed by atoms with Crippen LogP contribution in [0.5, 0.6) is 0 Å². The molecule has 1 aromatic carbocycles. The van der Waals surface area contributed by atoms with E-state index in [1.54, 1.807) is 0 Å². The van der Waals surface area contributed by atoms with Gasteiger partial charge < -0.3 is 10.5 Å². The van der Waals surface area contributed by atoms with E-state index in [9.17, 15) is 8.78 Å². The molecule has 2 rings (SSSR count). The number of rotatable bonds is 2. The number of hydrogen-bond donors (Lipinski definition) is 1. The second kappa shape index (κ2) is 6.28. The summed E-state index contributed by atoms with van der Waals surface area (Å²) in [6.07, 6.45) is 1.52. The fraction of sp³-hybridized carbons (Fsp3) is 0.500. The van der Waals surface area contributed by atoms with Crippen molar-refractivity contribution >= 4 is 12.4 Å². The predicted octanol–water partition coefficient (Wildman–Crippen LogP) is 2.81. The lowest BCUT2D eigenvalue weighted by Crippen LogP contribution is -2.28. The van der Waals surface area contributed by atoms with Gasteiger partial charge in [-0.3, -0.25) is 0 Å². The molecule has 1 aliphatic heterocycles. The first-order valence-electron chi connectivity index (χ1n) is 5.47. The molecule has 0 amide bonds. The van der Waals surface area contributed by atoms with Crippen LogP contribution in [0.15, 0.2) is 18.2 Å². The lowest BCUT2D eigenvalue weighted by atomic mass is 9.87. The molecule has 0 saturated carbocycles. The topological polar surface area (TPSA) is 35.2 Å². The van der Waals surface area contributed by atoms with E-state index in [1.807, 2.05) is 0 Å². The highest BCUT2D eigenvalue weighted by atomic mass is 35.5. The molecule has 2 nitrogen and oxygen atoms in total. The van der Waals surface area contributed by atoms with Crippen LogP contribution in [-0.2, 0) is 4.74 Å². The Labute approximate surface area is 106 Å². The number of benzene rings is 1. The Morgan fingerprint density at radius 1 is 1.18 bits per heavy atom. The van der Waals surface area contributed by atoms with Crippen LogP contribution in [0.1, 0.15) is 24.4 Å². The van der Waals surface area contributed by atoms with E-state index in [1.165, 1.54) is 18.2 Å². The predicted molar refractivity (Wildman–Crippen MR) is 64.1 cm³/mol. The first kappa shape index (κ1) is 14.4. The van der Waals surface area contributed by atoms with Gasteiger partial charge in [-0.05, 0) is 30.9 Å². The number of halogens is 3. The van der Waals surface area contributed by atoms with Gasteiger partial charge in [-0.2, -0.15) is 0 Å². The molecule has 17 heavy (non-hydrogen) atoms. The van der Waals surface area contributed by atoms with Crippen LogP contribution in [0.25, 0.3) is 0 Å². The molecule has 1 saturated heterocycles. The third kappa shape index (κ3) is 3.15. The van der Waals surface area contributed by atoms with Crippen LogP contribution in [0.4, 0.5) is 8.78 Å². The molecule has 1 aliphatic rings. The van der Waals surface area contributed by atoms with Gasteiger partial charge in [0.1, 0.15) is 11.6 Å². The Morgan fingerprint density at radius 3 is 2.24 bits per heavy atom. The number of nitrogens with two attached hydrogens (primary N) is 1. The largest absolute Gasteiger partial charge is 0.381 e. The highest BCUT2D eigenvalue weighted by Gasteiger charge is 2.26. The Morgan fingerprint density at radius 2 is 1.71 bits per heavy atom. The Kier molecular flexibility index (Phi) is 5.31. The van der Waals surface area contributed by atoms with Gasteiger partial charge in [0.15, 0.2) is 0 Å². The zero-order valence-electron chi connectivity index (χ0n) is 9.36. The zero-order chi connectivity index (χ0) is 11.5. The summed E-state index contributed by atoms with van der Waals surface area (Å²) in [5.41, 5.74) is 5.94. The first-order valence-corrected chi connectivity index (χ1v) is 5.47. The highest BCUT2D eigenvalue weighted by molar-refractivity contribution is 5.85. The number of ether oxygens (including phenoxy) is 1. The summed E-state index contributed by atoms with van der Waals surface area (Å²) in [5.74, 6) is -1.02. The summed E-state index contributed by atoms with van der Waals surface area (Å²) in [4.78, 5) is 0. The van der Waals surface area contributed by atoms with Crippen LogP contribution in [-0.4, -0.2) is 13.2 Å². The molecule has 0 bridgehead atoms. The van der Waals surface area contributed by atoms with Crippen molar-refractivity contribution in [1.29, 1.82) is 0 Å². The van der Waals surface area contributed by atoms with E-state index in [0.29, 0.717) is 13.2 Å². The standard InChI is InChI=1S/C12H15F2NO.ClH/c13-9-2-1-3-10(14)11(9)12(15)8-4-6-16-7-5-8;/h1-3,8,12H,4-7,15H2;1H/t12-;/m1./s1. The highest BCUT2D eigenvalue weighted by Crippen LogP contribution is 2.30. The molecule has 1 aromatic rings. The van der Waals surface area contributed by atoms with E-state index >= 15 is 0 Å². The van der Waals surface area contributed by atoms with Crippen LogP contribution in [0.2, 0.25) is 0 Å². The van der Waals surface area contributed by atoms with Crippen LogP contribution < -0.4 is 5.73 Å². The molecule has 96 valence electrons. The van der Waals surface area contributed by atoms with E-state index in [0.717, 1.165) is 12.8 Å². The molecule has 1 heterocycles. The van der Waals surface area contributed by atoms with Gasteiger partial charge in [-0.1, -0.05) is 6.07 Å². The summed E-state index contributed by atoms with van der Waals surface area (Å²) < 4.78 is 32.2. The Balaban J connectivity index is 0.00000144. The smallest absolute Gasteiger partial charge is 0.130 e. The van der Waals surface area contributed by atoms with Crippen molar-refractivity contribution in [3.8, 4) is 0 Å². The lowest BCUT2D eigenvalue weighted by molar-refractivity contribution is 0.0576. The van der Waals surface area contributed by atoms with Gasteiger partial charge in [0, 0.05) is 24.8 Å². The van der Waals surface area contributed by atoms with Crippen molar-refractivity contribution in [2.75, 3.05) is 13.2 Å². The fourth-order valence-electron chi connectivity index (χ4n) is 2.14. The average molecular weight is 264 g/mol. The van der Waals surface area contributed by atoms with Crippen molar-refractivity contribution < 1.29 is 13.5 Å². The maximum absolute atomic E-state index is 13.5. The third-order valence-electron chi connectivity index (χ3n) is 3.11. The minimum atomic E-state index is -0.579. The maximum Gasteiger partial charge on any atom is 0.130 e. The lowest BCUT2D eigenvalue weighted by Gasteiger charge is -2.28. The Hall–Kier alpha value is -0.710. The van der Waals surface area contributed by atoms with E-state index in [4.69, 9.17) is 10.5 Å². The average Bonchev–Trinajstić information content (AvgIpc) is 2.30. The third-order valence-corrected chi connectivity index (χ3v) is 3.11. The SMILES string of the molecule is Cl.N[C@@H](c1c(F)cccc1F)C1CCOCC1. The van der Waals surface area contributed by atoms with Gasteiger partial charge in [0.2, 0.25) is 0 Å². The minimum absolute atomic E-state index is 0. The molecular weight excluding hydrogens is 248 g/mol. The van der Waals surface area contributed by atoms with Crippen molar-refractivity contribution in [2.45, 2.75) is 18.9 Å². The van der Waals surface area contributed by atoms with E-state index in [2.05, 4.69) is 0 Å². The van der Waals surface area contributed by atoms with Crippen LogP contribution in [0.3, 0.4) is 0 Å². The summed E-state index contributed by atoms with van der Waals surface area (Å²) in [6, 6.07) is 3.27. The van der Waals surface area contributed by atoms with Crippen LogP contribution >= 0.6 is 12.4 Å². The molecule has 0 spiro atoms. The molecule has 0 aromatic heterocycles. The molecule has 1 atom stereocenters. The molecule has 0 aliphatic carbocycles. The monoisotopic (exact) mass is 263 g/mol. The summed E-state index contributed by atoms with van der Waals surface area (Å²) >= 11 is 0. The zero-order valence-corrected chi connectivity index (χ0v) is 10.2. The minimum Gasteiger partial charge on any atom is -0.381 e. The van der Waals surface area contributed by atoms with Crippen LogP contribution in [0, 0.1) is 17.6 Å². The summed E-state index contributed by atoms with van der Waals surface area (Å²) in [6.45, 7) is 1.24. The van der Waals surface area contributed by atoms with Gasteiger partial charge in [-0.25, -0.2) is 8.78 Å².